The number of aromatic hydroxyl groups is 1. The van der Waals surface area contributed by atoms with E-state index in [1.807, 2.05) is 0 Å². The zero-order valence-electron chi connectivity index (χ0n) is 17.0. The first-order chi connectivity index (χ1) is 15.2. The first-order valence-electron chi connectivity index (χ1n) is 10.5. The van der Waals surface area contributed by atoms with E-state index in [0.29, 0.717) is 43.8 Å². The number of hydrogen-bond acceptors (Lipinski definition) is 4. The third-order valence-electron chi connectivity index (χ3n) is 6.80. The molecule has 2 bridgehead atoms. The van der Waals surface area contributed by atoms with Gasteiger partial charge in [0.25, 0.3) is 11.8 Å². The van der Waals surface area contributed by atoms with Gasteiger partial charge in [0.1, 0.15) is 23.0 Å². The van der Waals surface area contributed by atoms with Crippen LogP contribution >= 0.6 is 0 Å². The van der Waals surface area contributed by atoms with Gasteiger partial charge in [0.15, 0.2) is 11.4 Å². The van der Waals surface area contributed by atoms with Gasteiger partial charge in [-0.05, 0) is 32.1 Å². The number of nitrogens with one attached hydrogen (secondary N) is 1. The lowest BCUT2D eigenvalue weighted by atomic mass is 9.89. The molecule has 2 N–H and O–H groups in total. The molecule has 5 rings (SSSR count). The van der Waals surface area contributed by atoms with Crippen molar-refractivity contribution in [3.8, 4) is 5.75 Å². The molecule has 0 saturated carbocycles. The smallest absolute Gasteiger partial charge is 0.274 e. The van der Waals surface area contributed by atoms with E-state index in [2.05, 4.69) is 5.32 Å². The Bertz CT molecular complexity index is 1220. The van der Waals surface area contributed by atoms with Crippen LogP contribution < -0.4 is 10.7 Å². The molecular formula is C22H20F3N3O4. The van der Waals surface area contributed by atoms with E-state index in [9.17, 15) is 32.7 Å². The number of amides is 2. The van der Waals surface area contributed by atoms with Crippen LogP contribution in [0.15, 0.2) is 16.9 Å². The van der Waals surface area contributed by atoms with Crippen LogP contribution in [0.4, 0.5) is 13.2 Å². The van der Waals surface area contributed by atoms with Crippen LogP contribution in [-0.4, -0.2) is 39.5 Å². The molecule has 32 heavy (non-hydrogen) atoms. The predicted octanol–water partition coefficient (Wildman–Crippen LogP) is 2.18. The summed E-state index contributed by atoms with van der Waals surface area (Å²) >= 11 is 0. The molecule has 3 aliphatic rings. The van der Waals surface area contributed by atoms with Gasteiger partial charge in [-0.2, -0.15) is 0 Å². The average Bonchev–Trinajstić information content (AvgIpc) is 2.97. The molecule has 4 heterocycles. The van der Waals surface area contributed by atoms with Gasteiger partial charge in [-0.25, -0.2) is 13.2 Å². The quantitative estimate of drug-likeness (QED) is 0.755. The molecular weight excluding hydrogens is 427 g/mol. The Kier molecular flexibility index (Phi) is 4.58. The van der Waals surface area contributed by atoms with Crippen LogP contribution in [-0.2, 0) is 18.5 Å². The summed E-state index contributed by atoms with van der Waals surface area (Å²) in [5.74, 6) is -5.57. The van der Waals surface area contributed by atoms with E-state index in [4.69, 9.17) is 0 Å². The standard InChI is InChI=1S/C22H20F3N3O4/c23-11-7-13(24)12(14(25)8-11)9-26-20(31)16-15-3-5-22-4-1-2-6-27(10-22)21(32)17(28(15)22)19(30)18(16)29/h7-8,30H,1-6,9-10H2,(H,26,31)/t22-/m0/s1. The van der Waals surface area contributed by atoms with Crippen molar-refractivity contribution in [1.29, 1.82) is 0 Å². The molecule has 2 amide bonds. The zero-order chi connectivity index (χ0) is 22.8. The Hall–Kier alpha value is -3.30. The van der Waals surface area contributed by atoms with E-state index >= 15 is 0 Å². The molecule has 168 valence electrons. The Labute approximate surface area is 180 Å². The molecule has 1 spiro atoms. The van der Waals surface area contributed by atoms with Gasteiger partial charge in [0, 0.05) is 43.0 Å². The summed E-state index contributed by atoms with van der Waals surface area (Å²) in [4.78, 5) is 40.5. The molecule has 7 nitrogen and oxygen atoms in total. The van der Waals surface area contributed by atoms with Crippen LogP contribution in [0.3, 0.4) is 0 Å². The van der Waals surface area contributed by atoms with Crippen LogP contribution in [0.5, 0.6) is 5.75 Å². The minimum absolute atomic E-state index is 0.0946. The molecule has 1 atom stereocenters. The van der Waals surface area contributed by atoms with Crippen molar-refractivity contribution in [2.45, 2.75) is 44.2 Å². The monoisotopic (exact) mass is 447 g/mol. The molecule has 1 aromatic heterocycles. The maximum Gasteiger partial charge on any atom is 0.274 e. The maximum absolute atomic E-state index is 13.9. The molecule has 1 fully saturated rings. The van der Waals surface area contributed by atoms with Gasteiger partial charge >= 0.3 is 0 Å². The minimum Gasteiger partial charge on any atom is -0.503 e. The third kappa shape index (κ3) is 2.85. The number of halogens is 3. The lowest BCUT2D eigenvalue weighted by Gasteiger charge is -2.41. The lowest BCUT2D eigenvalue weighted by molar-refractivity contribution is 0.0584. The summed E-state index contributed by atoms with van der Waals surface area (Å²) < 4.78 is 42.6. The molecule has 1 aromatic carbocycles. The number of nitrogens with zero attached hydrogens (tertiary/aromatic N) is 2. The highest BCUT2D eigenvalue weighted by atomic mass is 19.1. The fourth-order valence-corrected chi connectivity index (χ4v) is 5.34. The van der Waals surface area contributed by atoms with Crippen LogP contribution in [0.1, 0.15) is 57.8 Å². The fraction of sp³-hybridized carbons (Fsp3) is 0.409. The highest BCUT2D eigenvalue weighted by Crippen LogP contribution is 2.45. The molecule has 10 heteroatoms. The first kappa shape index (κ1) is 20.6. The highest BCUT2D eigenvalue weighted by Gasteiger charge is 2.50. The average molecular weight is 447 g/mol. The van der Waals surface area contributed by atoms with Crippen molar-refractivity contribution in [2.24, 2.45) is 0 Å². The molecule has 1 saturated heterocycles. The number of hydrogen-bond donors (Lipinski definition) is 2. The number of fused-ring (bicyclic) bond motifs is 1. The van der Waals surface area contributed by atoms with Crippen molar-refractivity contribution in [1.82, 2.24) is 14.8 Å². The predicted molar refractivity (Wildman–Crippen MR) is 106 cm³/mol. The van der Waals surface area contributed by atoms with Crippen molar-refractivity contribution in [2.75, 3.05) is 13.1 Å². The summed E-state index contributed by atoms with van der Waals surface area (Å²) in [7, 11) is 0. The molecule has 2 aromatic rings. The Morgan fingerprint density at radius 2 is 1.84 bits per heavy atom. The third-order valence-corrected chi connectivity index (χ3v) is 6.80. The normalized spacial score (nSPS) is 21.3. The van der Waals surface area contributed by atoms with Gasteiger partial charge in [-0.1, -0.05) is 0 Å². The van der Waals surface area contributed by atoms with Crippen molar-refractivity contribution < 1.29 is 27.9 Å². The summed E-state index contributed by atoms with van der Waals surface area (Å²) in [5.41, 5.74) is -2.13. The fourth-order valence-electron chi connectivity index (χ4n) is 5.34. The Morgan fingerprint density at radius 1 is 1.12 bits per heavy atom. The van der Waals surface area contributed by atoms with Crippen LogP contribution in [0.25, 0.3) is 0 Å². The summed E-state index contributed by atoms with van der Waals surface area (Å²) in [5, 5.41) is 12.9. The summed E-state index contributed by atoms with van der Waals surface area (Å²) in [6.07, 6.45) is 3.37. The topological polar surface area (TPSA) is 91.6 Å². The van der Waals surface area contributed by atoms with Gasteiger partial charge in [0.2, 0.25) is 5.43 Å². The Balaban J connectivity index is 1.57. The van der Waals surface area contributed by atoms with Crippen molar-refractivity contribution in [3.63, 3.8) is 0 Å². The molecule has 0 unspecified atom stereocenters. The summed E-state index contributed by atoms with van der Waals surface area (Å²) in [6.45, 7) is 0.373. The summed E-state index contributed by atoms with van der Waals surface area (Å²) in [6, 6.07) is 0.994. The molecule has 0 radical (unpaired) electrons. The highest BCUT2D eigenvalue weighted by molar-refractivity contribution is 6.00. The van der Waals surface area contributed by atoms with Gasteiger partial charge in [-0.15, -0.1) is 0 Å². The van der Waals surface area contributed by atoms with Crippen molar-refractivity contribution >= 4 is 11.8 Å². The van der Waals surface area contributed by atoms with Crippen LogP contribution in [0.2, 0.25) is 0 Å². The van der Waals surface area contributed by atoms with Gasteiger partial charge < -0.3 is 19.9 Å². The number of pyridine rings is 1. The molecule has 3 aliphatic heterocycles. The number of benzene rings is 1. The lowest BCUT2D eigenvalue weighted by Crippen LogP contribution is -2.52. The number of carbonyl (C=O) groups is 2. The van der Waals surface area contributed by atoms with Crippen molar-refractivity contribution in [3.05, 3.63) is 62.3 Å². The second kappa shape index (κ2) is 7.11. The number of aromatic nitrogens is 1. The van der Waals surface area contributed by atoms with E-state index < -0.39 is 58.1 Å². The minimum atomic E-state index is -1.17. The SMILES string of the molecule is O=C(NCc1c(F)cc(F)cc1F)c1c2n3c(c(O)c1=O)C(=O)N1CCCC[C@]3(CC2)C1. The maximum atomic E-state index is 13.9. The zero-order valence-corrected chi connectivity index (χ0v) is 17.0. The van der Waals surface area contributed by atoms with E-state index in [-0.39, 0.29) is 11.3 Å². The second-order valence-corrected chi connectivity index (χ2v) is 8.62. The van der Waals surface area contributed by atoms with Crippen LogP contribution in [0, 0.1) is 17.5 Å². The Morgan fingerprint density at radius 3 is 2.56 bits per heavy atom. The number of carbonyl (C=O) groups excluding carboxylic acids is 2. The first-order valence-corrected chi connectivity index (χ1v) is 10.5. The van der Waals surface area contributed by atoms with Gasteiger partial charge in [0.05, 0.1) is 5.54 Å². The van der Waals surface area contributed by atoms with E-state index in [1.165, 1.54) is 0 Å². The van der Waals surface area contributed by atoms with E-state index in [1.54, 1.807) is 9.47 Å². The number of rotatable bonds is 3. The largest absolute Gasteiger partial charge is 0.503 e. The molecule has 0 aliphatic carbocycles. The second-order valence-electron chi connectivity index (χ2n) is 8.62. The van der Waals surface area contributed by atoms with E-state index in [0.717, 1.165) is 19.3 Å². The van der Waals surface area contributed by atoms with Gasteiger partial charge in [-0.3, -0.25) is 14.4 Å².